The van der Waals surface area contributed by atoms with Gasteiger partial charge >= 0.3 is 0 Å². The third-order valence-electron chi connectivity index (χ3n) is 3.47. The molecule has 1 aromatic heterocycles. The standard InChI is InChI=1S/C17H15ClN2O/c1-12-10-13-6-2-5-9-16(13)20(12)11-17(21)19-15-8-4-3-7-14(15)18/h2-10H,11H2,1H3,(H,19,21). The summed E-state index contributed by atoms with van der Waals surface area (Å²) in [6.07, 6.45) is 0. The molecule has 0 aliphatic carbocycles. The molecule has 0 atom stereocenters. The highest BCUT2D eigenvalue weighted by atomic mass is 35.5. The Kier molecular flexibility index (Phi) is 3.67. The summed E-state index contributed by atoms with van der Waals surface area (Å²) in [5.41, 5.74) is 2.76. The van der Waals surface area contributed by atoms with Gasteiger partial charge in [0, 0.05) is 11.2 Å². The fraction of sp³-hybridized carbons (Fsp3) is 0.118. The van der Waals surface area contributed by atoms with Crippen LogP contribution in [0.15, 0.2) is 54.6 Å². The number of halogens is 1. The zero-order valence-corrected chi connectivity index (χ0v) is 12.4. The van der Waals surface area contributed by atoms with E-state index in [1.54, 1.807) is 12.1 Å². The largest absolute Gasteiger partial charge is 0.335 e. The second-order valence-corrected chi connectivity index (χ2v) is 5.37. The van der Waals surface area contributed by atoms with Crippen LogP contribution >= 0.6 is 11.6 Å². The number of nitrogens with zero attached hydrogens (tertiary/aromatic N) is 1. The molecule has 1 amide bonds. The number of nitrogens with one attached hydrogen (secondary N) is 1. The molecule has 3 rings (SSSR count). The first-order chi connectivity index (χ1) is 10.1. The lowest BCUT2D eigenvalue weighted by Crippen LogP contribution is -2.19. The highest BCUT2D eigenvalue weighted by molar-refractivity contribution is 6.33. The molecule has 1 N–H and O–H groups in total. The first-order valence-corrected chi connectivity index (χ1v) is 7.12. The van der Waals surface area contributed by atoms with Gasteiger partial charge in [-0.3, -0.25) is 4.79 Å². The summed E-state index contributed by atoms with van der Waals surface area (Å²) in [5, 5.41) is 4.53. The van der Waals surface area contributed by atoms with E-state index in [0.717, 1.165) is 16.6 Å². The molecule has 0 aliphatic rings. The Morgan fingerprint density at radius 3 is 2.67 bits per heavy atom. The van der Waals surface area contributed by atoms with Gasteiger partial charge in [0.15, 0.2) is 0 Å². The van der Waals surface area contributed by atoms with Crippen molar-refractivity contribution >= 4 is 34.1 Å². The molecule has 0 fully saturated rings. The van der Waals surface area contributed by atoms with Crippen LogP contribution in [0.1, 0.15) is 5.69 Å². The van der Waals surface area contributed by atoms with Gasteiger partial charge < -0.3 is 9.88 Å². The third-order valence-corrected chi connectivity index (χ3v) is 3.80. The number of fused-ring (bicyclic) bond motifs is 1. The second kappa shape index (κ2) is 5.62. The predicted molar refractivity (Wildman–Crippen MR) is 86.8 cm³/mol. The highest BCUT2D eigenvalue weighted by Crippen LogP contribution is 2.22. The molecule has 0 saturated heterocycles. The van der Waals surface area contributed by atoms with E-state index in [1.165, 1.54) is 0 Å². The Labute approximate surface area is 128 Å². The molecule has 0 radical (unpaired) electrons. The van der Waals surface area contributed by atoms with Crippen LogP contribution in [0.4, 0.5) is 5.69 Å². The van der Waals surface area contributed by atoms with Gasteiger partial charge in [-0.25, -0.2) is 0 Å². The Morgan fingerprint density at radius 2 is 1.86 bits per heavy atom. The summed E-state index contributed by atoms with van der Waals surface area (Å²) in [6, 6.07) is 17.3. The lowest BCUT2D eigenvalue weighted by Gasteiger charge is -2.10. The maximum atomic E-state index is 12.2. The van der Waals surface area contributed by atoms with E-state index in [1.807, 2.05) is 47.9 Å². The van der Waals surface area contributed by atoms with Crippen LogP contribution in [0, 0.1) is 6.92 Å². The number of hydrogen-bond acceptors (Lipinski definition) is 1. The average molecular weight is 299 g/mol. The van der Waals surface area contributed by atoms with Gasteiger partial charge in [0.25, 0.3) is 0 Å². The summed E-state index contributed by atoms with van der Waals surface area (Å²) in [6.45, 7) is 2.27. The number of benzene rings is 2. The van der Waals surface area contributed by atoms with Crippen LogP contribution in [0.3, 0.4) is 0 Å². The van der Waals surface area contributed by atoms with E-state index in [0.29, 0.717) is 10.7 Å². The number of para-hydroxylation sites is 2. The normalized spacial score (nSPS) is 10.8. The fourth-order valence-electron chi connectivity index (χ4n) is 2.45. The number of aromatic nitrogens is 1. The van der Waals surface area contributed by atoms with Gasteiger partial charge in [-0.2, -0.15) is 0 Å². The number of rotatable bonds is 3. The predicted octanol–water partition coefficient (Wildman–Crippen LogP) is 4.24. The molecule has 3 aromatic rings. The first-order valence-electron chi connectivity index (χ1n) is 6.74. The maximum Gasteiger partial charge on any atom is 0.244 e. The number of hydrogen-bond donors (Lipinski definition) is 1. The van der Waals surface area contributed by atoms with Crippen molar-refractivity contribution in [1.29, 1.82) is 0 Å². The van der Waals surface area contributed by atoms with Crippen LogP contribution < -0.4 is 5.32 Å². The van der Waals surface area contributed by atoms with Crippen molar-refractivity contribution in [2.24, 2.45) is 0 Å². The van der Waals surface area contributed by atoms with E-state index in [9.17, 15) is 4.79 Å². The zero-order valence-electron chi connectivity index (χ0n) is 11.6. The van der Waals surface area contributed by atoms with E-state index in [2.05, 4.69) is 11.4 Å². The van der Waals surface area contributed by atoms with Crippen molar-refractivity contribution in [3.63, 3.8) is 0 Å². The molecule has 1 heterocycles. The molecule has 2 aromatic carbocycles. The molecule has 0 aliphatic heterocycles. The van der Waals surface area contributed by atoms with Crippen LogP contribution in [0.5, 0.6) is 0 Å². The summed E-state index contributed by atoms with van der Waals surface area (Å²) in [5.74, 6) is -0.0902. The Morgan fingerprint density at radius 1 is 1.14 bits per heavy atom. The lowest BCUT2D eigenvalue weighted by atomic mass is 10.2. The third kappa shape index (κ3) is 2.78. The van der Waals surface area contributed by atoms with Gasteiger partial charge in [0.05, 0.1) is 10.7 Å². The number of amides is 1. The maximum absolute atomic E-state index is 12.2. The fourth-order valence-corrected chi connectivity index (χ4v) is 2.64. The van der Waals surface area contributed by atoms with Gasteiger partial charge in [0.1, 0.15) is 6.54 Å². The topological polar surface area (TPSA) is 34.0 Å². The molecular weight excluding hydrogens is 284 g/mol. The minimum absolute atomic E-state index is 0.0902. The number of aryl methyl sites for hydroxylation is 1. The van der Waals surface area contributed by atoms with E-state index < -0.39 is 0 Å². The number of carbonyl (C=O) groups is 1. The second-order valence-electron chi connectivity index (χ2n) is 4.96. The number of anilines is 1. The molecular formula is C17H15ClN2O. The first kappa shape index (κ1) is 13.7. The van der Waals surface area contributed by atoms with E-state index in [4.69, 9.17) is 11.6 Å². The highest BCUT2D eigenvalue weighted by Gasteiger charge is 2.10. The molecule has 0 unspecified atom stereocenters. The summed E-state index contributed by atoms with van der Waals surface area (Å²) in [7, 11) is 0. The molecule has 4 heteroatoms. The Bertz CT molecular complexity index is 807. The van der Waals surface area contributed by atoms with Crippen LogP contribution in [-0.4, -0.2) is 10.5 Å². The lowest BCUT2D eigenvalue weighted by molar-refractivity contribution is -0.116. The minimum Gasteiger partial charge on any atom is -0.335 e. The molecule has 21 heavy (non-hydrogen) atoms. The van der Waals surface area contributed by atoms with Crippen molar-refractivity contribution in [1.82, 2.24) is 4.57 Å². The quantitative estimate of drug-likeness (QED) is 0.771. The van der Waals surface area contributed by atoms with E-state index >= 15 is 0 Å². The van der Waals surface area contributed by atoms with Crippen molar-refractivity contribution in [2.45, 2.75) is 13.5 Å². The minimum atomic E-state index is -0.0902. The molecule has 106 valence electrons. The SMILES string of the molecule is Cc1cc2ccccc2n1CC(=O)Nc1ccccc1Cl. The zero-order chi connectivity index (χ0) is 14.8. The van der Waals surface area contributed by atoms with Gasteiger partial charge in [-0.05, 0) is 36.6 Å². The van der Waals surface area contributed by atoms with Crippen LogP contribution in [0.2, 0.25) is 5.02 Å². The average Bonchev–Trinajstić information content (AvgIpc) is 2.78. The number of carbonyl (C=O) groups excluding carboxylic acids is 1. The summed E-state index contributed by atoms with van der Waals surface area (Å²) in [4.78, 5) is 12.2. The van der Waals surface area contributed by atoms with Crippen molar-refractivity contribution < 1.29 is 4.79 Å². The summed E-state index contributed by atoms with van der Waals surface area (Å²) < 4.78 is 2.00. The molecule has 0 saturated carbocycles. The van der Waals surface area contributed by atoms with E-state index in [-0.39, 0.29) is 12.5 Å². The van der Waals surface area contributed by atoms with Crippen molar-refractivity contribution in [2.75, 3.05) is 5.32 Å². The Balaban J connectivity index is 1.84. The van der Waals surface area contributed by atoms with Gasteiger partial charge in [-0.15, -0.1) is 0 Å². The van der Waals surface area contributed by atoms with Crippen LogP contribution in [-0.2, 0) is 11.3 Å². The summed E-state index contributed by atoms with van der Waals surface area (Å²) >= 11 is 6.05. The van der Waals surface area contributed by atoms with Crippen molar-refractivity contribution in [3.05, 3.63) is 65.3 Å². The molecule has 0 bridgehead atoms. The molecule has 0 spiro atoms. The smallest absolute Gasteiger partial charge is 0.244 e. The Hall–Kier alpha value is -2.26. The monoisotopic (exact) mass is 298 g/mol. The van der Waals surface area contributed by atoms with Gasteiger partial charge in [0.2, 0.25) is 5.91 Å². The van der Waals surface area contributed by atoms with Crippen molar-refractivity contribution in [3.8, 4) is 0 Å². The molecule has 3 nitrogen and oxygen atoms in total. The van der Waals surface area contributed by atoms with Crippen LogP contribution in [0.25, 0.3) is 10.9 Å². The van der Waals surface area contributed by atoms with Gasteiger partial charge in [-0.1, -0.05) is 41.9 Å².